The van der Waals surface area contributed by atoms with Crippen LogP contribution in [0, 0.1) is 0 Å². The number of carbonyl (C=O) groups excluding carboxylic acids is 1. The van der Waals surface area contributed by atoms with E-state index in [1.165, 1.54) is 11.9 Å². The molecule has 1 amide bonds. The lowest BCUT2D eigenvalue weighted by Crippen LogP contribution is -2.36. The third-order valence-corrected chi connectivity index (χ3v) is 3.81. The van der Waals surface area contributed by atoms with E-state index in [1.807, 2.05) is 12.1 Å². The zero-order valence-corrected chi connectivity index (χ0v) is 12.6. The van der Waals surface area contributed by atoms with Gasteiger partial charge in [0.2, 0.25) is 0 Å². The predicted octanol–water partition coefficient (Wildman–Crippen LogP) is 1.69. The predicted molar refractivity (Wildman–Crippen MR) is 80.0 cm³/mol. The highest BCUT2D eigenvalue weighted by Crippen LogP contribution is 2.33. The second-order valence-corrected chi connectivity index (χ2v) is 5.05. The number of fused-ring (bicyclic) bond motifs is 1. The Morgan fingerprint density at radius 2 is 1.91 bits per heavy atom. The first-order valence-electron chi connectivity index (χ1n) is 7.02. The van der Waals surface area contributed by atoms with Crippen LogP contribution >= 0.6 is 0 Å². The molecule has 0 radical (unpaired) electrons. The van der Waals surface area contributed by atoms with Crippen molar-refractivity contribution < 1.29 is 14.3 Å². The van der Waals surface area contributed by atoms with Gasteiger partial charge in [-0.05, 0) is 35.7 Å². The second kappa shape index (κ2) is 6.01. The number of methoxy groups -OCH3 is 2. The van der Waals surface area contributed by atoms with Crippen LogP contribution in [0.1, 0.15) is 21.6 Å². The molecule has 6 heteroatoms. The molecule has 0 spiro atoms. The van der Waals surface area contributed by atoms with E-state index < -0.39 is 0 Å². The Balaban J connectivity index is 1.86. The maximum absolute atomic E-state index is 12.5. The van der Waals surface area contributed by atoms with Gasteiger partial charge in [0.1, 0.15) is 12.0 Å². The smallest absolute Gasteiger partial charge is 0.272 e. The Labute approximate surface area is 128 Å². The summed E-state index contributed by atoms with van der Waals surface area (Å²) in [6, 6.07) is 5.56. The molecule has 0 saturated carbocycles. The van der Waals surface area contributed by atoms with Crippen LogP contribution in [0.2, 0.25) is 0 Å². The number of rotatable bonds is 3. The first-order chi connectivity index (χ1) is 10.7. The van der Waals surface area contributed by atoms with E-state index in [4.69, 9.17) is 9.47 Å². The summed E-state index contributed by atoms with van der Waals surface area (Å²) in [7, 11) is 3.23. The molecule has 0 saturated heterocycles. The largest absolute Gasteiger partial charge is 0.493 e. The summed E-state index contributed by atoms with van der Waals surface area (Å²) in [4.78, 5) is 22.1. The number of nitrogens with zero attached hydrogens (tertiary/aromatic N) is 3. The summed E-state index contributed by atoms with van der Waals surface area (Å²) in [5.74, 6) is 1.32. The monoisotopic (exact) mass is 299 g/mol. The maximum Gasteiger partial charge on any atom is 0.272 e. The zero-order valence-electron chi connectivity index (χ0n) is 12.6. The van der Waals surface area contributed by atoms with Gasteiger partial charge in [0.25, 0.3) is 5.91 Å². The number of hydrogen-bond donors (Lipinski definition) is 0. The average Bonchev–Trinajstić information content (AvgIpc) is 2.60. The van der Waals surface area contributed by atoms with E-state index in [9.17, 15) is 4.79 Å². The van der Waals surface area contributed by atoms with Gasteiger partial charge in [-0.3, -0.25) is 4.79 Å². The summed E-state index contributed by atoms with van der Waals surface area (Å²) >= 11 is 0. The van der Waals surface area contributed by atoms with Gasteiger partial charge in [0.15, 0.2) is 11.5 Å². The van der Waals surface area contributed by atoms with Crippen LogP contribution in [0.25, 0.3) is 0 Å². The van der Waals surface area contributed by atoms with Crippen LogP contribution in [0.5, 0.6) is 11.5 Å². The van der Waals surface area contributed by atoms with Crippen LogP contribution in [0.15, 0.2) is 30.7 Å². The van der Waals surface area contributed by atoms with Gasteiger partial charge >= 0.3 is 0 Å². The standard InChI is InChI=1S/C16H17N3O3/c1-21-14-7-11-4-6-19(9-12(11)8-15(14)22-2)16(20)13-3-5-17-10-18-13/h3,5,7-8,10H,4,6,9H2,1-2H3. The molecule has 1 aliphatic rings. The fourth-order valence-electron chi connectivity index (χ4n) is 2.64. The normalized spacial score (nSPS) is 13.5. The molecule has 0 bridgehead atoms. The molecule has 1 aromatic carbocycles. The molecule has 114 valence electrons. The van der Waals surface area contributed by atoms with Crippen molar-refractivity contribution in [2.75, 3.05) is 20.8 Å². The Kier molecular flexibility index (Phi) is 3.91. The first-order valence-corrected chi connectivity index (χ1v) is 7.02. The van der Waals surface area contributed by atoms with Crippen molar-refractivity contribution in [1.29, 1.82) is 0 Å². The van der Waals surface area contributed by atoms with Crippen molar-refractivity contribution in [1.82, 2.24) is 14.9 Å². The van der Waals surface area contributed by atoms with Crippen LogP contribution in [-0.2, 0) is 13.0 Å². The molecule has 0 atom stereocenters. The Hall–Kier alpha value is -2.63. The highest BCUT2D eigenvalue weighted by atomic mass is 16.5. The molecule has 0 N–H and O–H groups in total. The van der Waals surface area contributed by atoms with E-state index in [0.717, 1.165) is 17.7 Å². The topological polar surface area (TPSA) is 64.6 Å². The molecule has 2 heterocycles. The molecule has 0 aliphatic carbocycles. The quantitative estimate of drug-likeness (QED) is 0.863. The van der Waals surface area contributed by atoms with Crippen molar-refractivity contribution >= 4 is 5.91 Å². The van der Waals surface area contributed by atoms with Crippen LogP contribution in [0.3, 0.4) is 0 Å². The van der Waals surface area contributed by atoms with Gasteiger partial charge in [-0.1, -0.05) is 0 Å². The second-order valence-electron chi connectivity index (χ2n) is 5.05. The lowest BCUT2D eigenvalue weighted by molar-refractivity contribution is 0.0728. The van der Waals surface area contributed by atoms with Crippen molar-refractivity contribution in [2.24, 2.45) is 0 Å². The molecular formula is C16H17N3O3. The molecule has 0 unspecified atom stereocenters. The highest BCUT2D eigenvalue weighted by molar-refractivity contribution is 5.92. The summed E-state index contributed by atoms with van der Waals surface area (Å²) < 4.78 is 10.7. The number of amides is 1. The number of aromatic nitrogens is 2. The molecule has 0 fully saturated rings. The van der Waals surface area contributed by atoms with Gasteiger partial charge in [-0.25, -0.2) is 9.97 Å². The molecule has 2 aromatic rings. The first kappa shape index (κ1) is 14.3. The van der Waals surface area contributed by atoms with Crippen LogP contribution in [-0.4, -0.2) is 41.5 Å². The van der Waals surface area contributed by atoms with Crippen LogP contribution < -0.4 is 9.47 Å². The van der Waals surface area contributed by atoms with Gasteiger partial charge < -0.3 is 14.4 Å². The number of ether oxygens (including phenoxy) is 2. The number of benzene rings is 1. The summed E-state index contributed by atoms with van der Waals surface area (Å²) in [5.41, 5.74) is 2.68. The zero-order chi connectivity index (χ0) is 15.5. The number of hydrogen-bond acceptors (Lipinski definition) is 5. The van der Waals surface area contributed by atoms with E-state index in [1.54, 1.807) is 31.4 Å². The Morgan fingerprint density at radius 1 is 1.18 bits per heavy atom. The highest BCUT2D eigenvalue weighted by Gasteiger charge is 2.24. The van der Waals surface area contributed by atoms with Gasteiger partial charge in [0.05, 0.1) is 14.2 Å². The molecule has 3 rings (SSSR count). The van der Waals surface area contributed by atoms with Crippen LogP contribution in [0.4, 0.5) is 0 Å². The van der Waals surface area contributed by atoms with Crippen molar-refractivity contribution in [3.8, 4) is 11.5 Å². The van der Waals surface area contributed by atoms with Crippen molar-refractivity contribution in [2.45, 2.75) is 13.0 Å². The Bertz CT molecular complexity index is 689. The molecular weight excluding hydrogens is 282 g/mol. The third kappa shape index (κ3) is 2.59. The number of carbonyl (C=O) groups is 1. The Morgan fingerprint density at radius 3 is 2.55 bits per heavy atom. The third-order valence-electron chi connectivity index (χ3n) is 3.81. The summed E-state index contributed by atoms with van der Waals surface area (Å²) in [5, 5.41) is 0. The van der Waals surface area contributed by atoms with Crippen molar-refractivity contribution in [3.05, 3.63) is 47.5 Å². The minimum Gasteiger partial charge on any atom is -0.493 e. The fraction of sp³-hybridized carbons (Fsp3) is 0.312. The average molecular weight is 299 g/mol. The molecule has 1 aliphatic heterocycles. The molecule has 1 aromatic heterocycles. The van der Waals surface area contributed by atoms with E-state index >= 15 is 0 Å². The van der Waals surface area contributed by atoms with Crippen molar-refractivity contribution in [3.63, 3.8) is 0 Å². The maximum atomic E-state index is 12.5. The summed E-state index contributed by atoms with van der Waals surface area (Å²) in [6.07, 6.45) is 3.75. The van der Waals surface area contributed by atoms with E-state index in [2.05, 4.69) is 9.97 Å². The van der Waals surface area contributed by atoms with E-state index in [0.29, 0.717) is 24.5 Å². The lowest BCUT2D eigenvalue weighted by atomic mass is 9.98. The van der Waals surface area contributed by atoms with Gasteiger partial charge in [-0.2, -0.15) is 0 Å². The van der Waals surface area contributed by atoms with Gasteiger partial charge in [0, 0.05) is 19.3 Å². The summed E-state index contributed by atoms with van der Waals surface area (Å²) in [6.45, 7) is 1.20. The lowest BCUT2D eigenvalue weighted by Gasteiger charge is -2.29. The minimum absolute atomic E-state index is 0.0807. The van der Waals surface area contributed by atoms with E-state index in [-0.39, 0.29) is 5.91 Å². The SMILES string of the molecule is COc1cc2c(cc1OC)CN(C(=O)c1ccncn1)CC2. The fourth-order valence-corrected chi connectivity index (χ4v) is 2.64. The molecule has 6 nitrogen and oxygen atoms in total. The van der Waals surface area contributed by atoms with Gasteiger partial charge in [-0.15, -0.1) is 0 Å². The minimum atomic E-state index is -0.0807. The molecule has 22 heavy (non-hydrogen) atoms.